The third-order valence-corrected chi connectivity index (χ3v) is 4.56. The van der Waals surface area contributed by atoms with Crippen molar-refractivity contribution in [3.8, 4) is 17.2 Å². The van der Waals surface area contributed by atoms with Crippen LogP contribution < -0.4 is 14.2 Å². The molecule has 0 bridgehead atoms. The number of nitro groups is 1. The number of nitrogens with zero attached hydrogens (tertiary/aromatic N) is 1. The second-order valence-electron chi connectivity index (χ2n) is 6.54. The number of carbonyl (C=O) groups is 2. The van der Waals surface area contributed by atoms with Crippen LogP contribution in [0.1, 0.15) is 26.3 Å². The van der Waals surface area contributed by atoms with Crippen LogP contribution in [0.25, 0.3) is 6.08 Å². The number of esters is 1. The Balaban J connectivity index is 1.56. The summed E-state index contributed by atoms with van der Waals surface area (Å²) in [6, 6.07) is 16.9. The fraction of sp³-hybridized carbons (Fsp3) is 0.0435. The maximum absolute atomic E-state index is 12.6. The number of ketones is 1. The number of rotatable bonds is 5. The van der Waals surface area contributed by atoms with Crippen molar-refractivity contribution in [3.63, 3.8) is 0 Å². The van der Waals surface area contributed by atoms with Crippen molar-refractivity contribution < 1.29 is 28.7 Å². The molecule has 0 unspecified atom stereocenters. The molecule has 8 heteroatoms. The van der Waals surface area contributed by atoms with Gasteiger partial charge in [-0.3, -0.25) is 14.9 Å². The summed E-state index contributed by atoms with van der Waals surface area (Å²) in [4.78, 5) is 35.5. The van der Waals surface area contributed by atoms with Crippen LogP contribution in [0.5, 0.6) is 17.2 Å². The number of hydrogen-bond donors (Lipinski definition) is 0. The predicted molar refractivity (Wildman–Crippen MR) is 110 cm³/mol. The van der Waals surface area contributed by atoms with Crippen molar-refractivity contribution in [2.24, 2.45) is 0 Å². The Morgan fingerprint density at radius 1 is 1.06 bits per heavy atom. The van der Waals surface area contributed by atoms with Crippen molar-refractivity contribution >= 4 is 23.5 Å². The lowest BCUT2D eigenvalue weighted by Crippen LogP contribution is -2.10. The first-order valence-corrected chi connectivity index (χ1v) is 9.14. The standard InChI is InChI=1S/C23H15NO7/c1-29-19-8-3-2-7-18(19)23(26)30-16-9-10-17-20(13-16)31-21(22(17)25)12-14-5-4-6-15(11-14)24(27)28/h2-13H,1H3. The Bertz CT molecular complexity index is 1250. The first kappa shape index (κ1) is 19.8. The van der Waals surface area contributed by atoms with Crippen LogP contribution in [-0.4, -0.2) is 23.8 Å². The summed E-state index contributed by atoms with van der Waals surface area (Å²) in [5.41, 5.74) is 0.915. The molecule has 0 saturated carbocycles. The van der Waals surface area contributed by atoms with E-state index in [0.717, 1.165) is 0 Å². The van der Waals surface area contributed by atoms with Gasteiger partial charge in [0.1, 0.15) is 22.8 Å². The molecule has 0 aliphatic carbocycles. The van der Waals surface area contributed by atoms with Crippen LogP contribution in [0.15, 0.2) is 72.5 Å². The van der Waals surface area contributed by atoms with Crippen molar-refractivity contribution in [1.29, 1.82) is 0 Å². The lowest BCUT2D eigenvalue weighted by molar-refractivity contribution is -0.384. The molecule has 1 aliphatic rings. The molecule has 1 aliphatic heterocycles. The Morgan fingerprint density at radius 2 is 1.87 bits per heavy atom. The number of non-ortho nitro benzene ring substituents is 1. The van der Waals surface area contributed by atoms with E-state index in [4.69, 9.17) is 14.2 Å². The first-order chi connectivity index (χ1) is 15.0. The lowest BCUT2D eigenvalue weighted by Gasteiger charge is -2.08. The molecule has 4 rings (SSSR count). The predicted octanol–water partition coefficient (Wildman–Crippen LogP) is 4.44. The highest BCUT2D eigenvalue weighted by atomic mass is 16.6. The zero-order chi connectivity index (χ0) is 22.0. The smallest absolute Gasteiger partial charge is 0.347 e. The molecule has 0 spiro atoms. The van der Waals surface area contributed by atoms with Gasteiger partial charge >= 0.3 is 5.97 Å². The van der Waals surface area contributed by atoms with Crippen molar-refractivity contribution in [2.45, 2.75) is 0 Å². The number of methoxy groups -OCH3 is 1. The van der Waals surface area contributed by atoms with E-state index in [2.05, 4.69) is 0 Å². The first-order valence-electron chi connectivity index (χ1n) is 9.14. The summed E-state index contributed by atoms with van der Waals surface area (Å²) in [5.74, 6) is -0.171. The van der Waals surface area contributed by atoms with Gasteiger partial charge in [0, 0.05) is 18.2 Å². The summed E-state index contributed by atoms with van der Waals surface area (Å²) < 4.78 is 16.2. The van der Waals surface area contributed by atoms with E-state index in [9.17, 15) is 19.7 Å². The van der Waals surface area contributed by atoms with Crippen LogP contribution in [0.4, 0.5) is 5.69 Å². The summed E-state index contributed by atoms with van der Waals surface area (Å²) in [5, 5.41) is 10.9. The highest BCUT2D eigenvalue weighted by Crippen LogP contribution is 2.35. The summed E-state index contributed by atoms with van der Waals surface area (Å²) in [6.45, 7) is 0. The minimum Gasteiger partial charge on any atom is -0.496 e. The van der Waals surface area contributed by atoms with Gasteiger partial charge in [-0.05, 0) is 35.9 Å². The summed E-state index contributed by atoms with van der Waals surface area (Å²) in [6.07, 6.45) is 1.43. The number of para-hydroxylation sites is 1. The minimum absolute atomic E-state index is 0.0173. The van der Waals surface area contributed by atoms with E-state index in [1.165, 1.54) is 49.6 Å². The number of Topliss-reactive ketones (excluding diaryl/α,β-unsaturated/α-hetero) is 1. The average Bonchev–Trinajstić information content (AvgIpc) is 3.08. The van der Waals surface area contributed by atoms with Gasteiger partial charge in [0.25, 0.3) is 5.69 Å². The highest BCUT2D eigenvalue weighted by molar-refractivity contribution is 6.14. The van der Waals surface area contributed by atoms with Gasteiger partial charge in [0.05, 0.1) is 17.6 Å². The molecule has 8 nitrogen and oxygen atoms in total. The zero-order valence-electron chi connectivity index (χ0n) is 16.2. The Labute approximate surface area is 176 Å². The third-order valence-electron chi connectivity index (χ3n) is 4.56. The largest absolute Gasteiger partial charge is 0.496 e. The molecule has 3 aromatic carbocycles. The number of carbonyl (C=O) groups excluding carboxylic acids is 2. The Morgan fingerprint density at radius 3 is 2.65 bits per heavy atom. The van der Waals surface area contributed by atoms with Crippen molar-refractivity contribution in [2.75, 3.05) is 7.11 Å². The zero-order valence-corrected chi connectivity index (χ0v) is 16.2. The van der Waals surface area contributed by atoms with E-state index >= 15 is 0 Å². The highest BCUT2D eigenvalue weighted by Gasteiger charge is 2.28. The number of nitro benzene ring substituents is 1. The minimum atomic E-state index is -0.617. The van der Waals surface area contributed by atoms with Crippen LogP contribution in [-0.2, 0) is 0 Å². The van der Waals surface area contributed by atoms with E-state index in [1.54, 1.807) is 30.3 Å². The van der Waals surface area contributed by atoms with Gasteiger partial charge in [-0.1, -0.05) is 24.3 Å². The maximum atomic E-state index is 12.6. The van der Waals surface area contributed by atoms with Crippen LogP contribution in [0.2, 0.25) is 0 Å². The van der Waals surface area contributed by atoms with Crippen LogP contribution >= 0.6 is 0 Å². The average molecular weight is 417 g/mol. The molecule has 0 saturated heterocycles. The monoisotopic (exact) mass is 417 g/mol. The fourth-order valence-corrected chi connectivity index (χ4v) is 3.09. The lowest BCUT2D eigenvalue weighted by atomic mass is 10.1. The number of benzene rings is 3. The van der Waals surface area contributed by atoms with E-state index in [-0.39, 0.29) is 34.3 Å². The Kier molecular flexibility index (Phi) is 5.19. The fourth-order valence-electron chi connectivity index (χ4n) is 3.09. The number of hydrogen-bond acceptors (Lipinski definition) is 7. The topological polar surface area (TPSA) is 105 Å². The Hall–Kier alpha value is -4.46. The molecule has 0 radical (unpaired) electrons. The molecule has 31 heavy (non-hydrogen) atoms. The quantitative estimate of drug-likeness (QED) is 0.199. The number of allylic oxidation sites excluding steroid dienone is 1. The molecule has 0 atom stereocenters. The van der Waals surface area contributed by atoms with Gasteiger partial charge < -0.3 is 14.2 Å². The molecular weight excluding hydrogens is 402 g/mol. The van der Waals surface area contributed by atoms with Gasteiger partial charge in [-0.2, -0.15) is 0 Å². The summed E-state index contributed by atoms with van der Waals surface area (Å²) >= 11 is 0. The number of fused-ring (bicyclic) bond motifs is 1. The molecule has 154 valence electrons. The van der Waals surface area contributed by atoms with Gasteiger partial charge in [-0.15, -0.1) is 0 Å². The number of ether oxygens (including phenoxy) is 3. The van der Waals surface area contributed by atoms with Crippen LogP contribution in [0, 0.1) is 10.1 Å². The molecule has 1 heterocycles. The van der Waals surface area contributed by atoms with Gasteiger partial charge in [0.2, 0.25) is 5.78 Å². The maximum Gasteiger partial charge on any atom is 0.347 e. The van der Waals surface area contributed by atoms with E-state index in [1.807, 2.05) is 0 Å². The molecule has 0 N–H and O–H groups in total. The van der Waals surface area contributed by atoms with Crippen LogP contribution in [0.3, 0.4) is 0 Å². The van der Waals surface area contributed by atoms with Gasteiger partial charge in [-0.25, -0.2) is 4.79 Å². The molecule has 0 fully saturated rings. The second kappa shape index (κ2) is 8.11. The van der Waals surface area contributed by atoms with E-state index in [0.29, 0.717) is 16.9 Å². The van der Waals surface area contributed by atoms with Crippen molar-refractivity contribution in [3.05, 3.63) is 99.3 Å². The molecule has 0 aromatic heterocycles. The van der Waals surface area contributed by atoms with E-state index < -0.39 is 10.9 Å². The SMILES string of the molecule is COc1ccccc1C(=O)Oc1ccc2c(c1)OC(=Cc1cccc([N+](=O)[O-])c1)C2=O. The normalized spacial score (nSPS) is 13.5. The van der Waals surface area contributed by atoms with Gasteiger partial charge in [0.15, 0.2) is 5.76 Å². The molecule has 3 aromatic rings. The molecule has 0 amide bonds. The third kappa shape index (κ3) is 3.99. The molecular formula is C23H15NO7. The second-order valence-corrected chi connectivity index (χ2v) is 6.54. The van der Waals surface area contributed by atoms with Crippen molar-refractivity contribution in [1.82, 2.24) is 0 Å². The summed E-state index contributed by atoms with van der Waals surface area (Å²) in [7, 11) is 1.45.